The number of rotatable bonds is 6. The van der Waals surface area contributed by atoms with Gasteiger partial charge < -0.3 is 14.8 Å². The largest absolute Gasteiger partial charge is 0.497 e. The molecule has 1 unspecified atom stereocenters. The highest BCUT2D eigenvalue weighted by Gasteiger charge is 2.19. The highest BCUT2D eigenvalue weighted by molar-refractivity contribution is 5.77. The van der Waals surface area contributed by atoms with Crippen molar-refractivity contribution >= 4 is 5.91 Å². The lowest BCUT2D eigenvalue weighted by molar-refractivity contribution is -0.122. The summed E-state index contributed by atoms with van der Waals surface area (Å²) in [5.74, 6) is 1.80. The standard InChI is InChI=1S/C19H29NO3/c1-14(17-11-10-16(22-2)13-18(17)23-3)12-19(21)20-15-8-6-4-5-7-9-15/h10-11,13-15H,4-9,12H2,1-3H3,(H,20,21). The molecule has 0 aliphatic heterocycles. The second-order valence-electron chi connectivity index (χ2n) is 6.47. The van der Waals surface area contributed by atoms with Crippen molar-refractivity contribution in [1.82, 2.24) is 5.32 Å². The number of ether oxygens (including phenoxy) is 2. The van der Waals surface area contributed by atoms with Gasteiger partial charge in [0, 0.05) is 18.5 Å². The number of nitrogens with one attached hydrogen (secondary N) is 1. The van der Waals surface area contributed by atoms with E-state index in [-0.39, 0.29) is 11.8 Å². The van der Waals surface area contributed by atoms with Gasteiger partial charge in [0.2, 0.25) is 5.91 Å². The highest BCUT2D eigenvalue weighted by atomic mass is 16.5. The fourth-order valence-electron chi connectivity index (χ4n) is 3.32. The van der Waals surface area contributed by atoms with Crippen LogP contribution >= 0.6 is 0 Å². The number of carbonyl (C=O) groups excluding carboxylic acids is 1. The fraction of sp³-hybridized carbons (Fsp3) is 0.632. The molecule has 1 fully saturated rings. The van der Waals surface area contributed by atoms with E-state index >= 15 is 0 Å². The van der Waals surface area contributed by atoms with E-state index in [1.54, 1.807) is 14.2 Å². The summed E-state index contributed by atoms with van der Waals surface area (Å²) in [6.07, 6.45) is 7.77. The molecule has 1 atom stereocenters. The van der Waals surface area contributed by atoms with Crippen LogP contribution in [0.4, 0.5) is 0 Å². The zero-order valence-electron chi connectivity index (χ0n) is 14.6. The maximum atomic E-state index is 12.4. The van der Waals surface area contributed by atoms with Gasteiger partial charge in [-0.25, -0.2) is 0 Å². The first-order valence-corrected chi connectivity index (χ1v) is 8.65. The molecule has 4 nitrogen and oxygen atoms in total. The predicted octanol–water partition coefficient (Wildman–Crippen LogP) is 4.04. The maximum absolute atomic E-state index is 12.4. The normalized spacial score (nSPS) is 17.2. The van der Waals surface area contributed by atoms with Gasteiger partial charge in [0.25, 0.3) is 0 Å². The van der Waals surface area contributed by atoms with Crippen LogP contribution in [0.2, 0.25) is 0 Å². The Kier molecular flexibility index (Phi) is 6.75. The van der Waals surface area contributed by atoms with Crippen LogP contribution < -0.4 is 14.8 Å². The van der Waals surface area contributed by atoms with Crippen molar-refractivity contribution in [1.29, 1.82) is 0 Å². The zero-order valence-corrected chi connectivity index (χ0v) is 14.6. The van der Waals surface area contributed by atoms with Crippen LogP contribution in [0.25, 0.3) is 0 Å². The van der Waals surface area contributed by atoms with Crippen LogP contribution in [0.3, 0.4) is 0 Å². The number of methoxy groups -OCH3 is 2. The Bertz CT molecular complexity index is 507. The molecule has 0 spiro atoms. The molecule has 0 heterocycles. The minimum Gasteiger partial charge on any atom is -0.497 e. The van der Waals surface area contributed by atoms with Gasteiger partial charge in [0.05, 0.1) is 14.2 Å². The Morgan fingerprint density at radius 3 is 2.48 bits per heavy atom. The monoisotopic (exact) mass is 319 g/mol. The number of carbonyl (C=O) groups is 1. The van der Waals surface area contributed by atoms with Gasteiger partial charge in [-0.3, -0.25) is 4.79 Å². The van der Waals surface area contributed by atoms with E-state index in [0.717, 1.165) is 29.9 Å². The Labute approximate surface area is 139 Å². The van der Waals surface area contributed by atoms with Gasteiger partial charge in [-0.1, -0.05) is 38.7 Å². The lowest BCUT2D eigenvalue weighted by Crippen LogP contribution is -2.34. The van der Waals surface area contributed by atoms with Gasteiger partial charge in [-0.05, 0) is 30.4 Å². The molecular weight excluding hydrogens is 290 g/mol. The minimum absolute atomic E-state index is 0.113. The van der Waals surface area contributed by atoms with Crippen molar-refractivity contribution in [3.8, 4) is 11.5 Å². The topological polar surface area (TPSA) is 47.6 Å². The first kappa shape index (κ1) is 17.6. The molecule has 0 aromatic heterocycles. The summed E-state index contributed by atoms with van der Waals surface area (Å²) >= 11 is 0. The van der Waals surface area contributed by atoms with E-state index < -0.39 is 0 Å². The molecule has 23 heavy (non-hydrogen) atoms. The molecule has 1 aliphatic rings. The zero-order chi connectivity index (χ0) is 16.7. The van der Waals surface area contributed by atoms with E-state index in [1.165, 1.54) is 25.7 Å². The molecule has 1 aromatic rings. The van der Waals surface area contributed by atoms with E-state index in [1.807, 2.05) is 18.2 Å². The van der Waals surface area contributed by atoms with Crippen LogP contribution in [-0.2, 0) is 4.79 Å². The summed E-state index contributed by atoms with van der Waals surface area (Å²) in [7, 11) is 3.29. The molecule has 1 saturated carbocycles. The third kappa shape index (κ3) is 5.15. The van der Waals surface area contributed by atoms with Gasteiger partial charge in [0.15, 0.2) is 0 Å². The predicted molar refractivity (Wildman–Crippen MR) is 92.2 cm³/mol. The molecule has 1 N–H and O–H groups in total. The number of benzene rings is 1. The van der Waals surface area contributed by atoms with Gasteiger partial charge in [0.1, 0.15) is 11.5 Å². The second kappa shape index (κ2) is 8.80. The molecule has 0 radical (unpaired) electrons. The summed E-state index contributed by atoms with van der Waals surface area (Å²) in [5.41, 5.74) is 1.05. The van der Waals surface area contributed by atoms with E-state index in [2.05, 4.69) is 12.2 Å². The molecule has 0 bridgehead atoms. The molecule has 128 valence electrons. The van der Waals surface area contributed by atoms with Crippen LogP contribution in [0.1, 0.15) is 63.4 Å². The molecular formula is C19H29NO3. The Morgan fingerprint density at radius 1 is 1.17 bits per heavy atom. The molecule has 0 saturated heterocycles. The minimum atomic E-state index is 0.113. The SMILES string of the molecule is COc1ccc(C(C)CC(=O)NC2CCCCCC2)c(OC)c1. The highest BCUT2D eigenvalue weighted by Crippen LogP contribution is 2.32. The van der Waals surface area contributed by atoms with Crippen molar-refractivity contribution in [3.63, 3.8) is 0 Å². The molecule has 1 aromatic carbocycles. The third-order valence-corrected chi connectivity index (χ3v) is 4.68. The van der Waals surface area contributed by atoms with E-state index in [9.17, 15) is 4.79 Å². The first-order valence-electron chi connectivity index (χ1n) is 8.65. The summed E-state index contributed by atoms with van der Waals surface area (Å²) in [5, 5.41) is 3.22. The fourth-order valence-corrected chi connectivity index (χ4v) is 3.32. The van der Waals surface area contributed by atoms with Gasteiger partial charge in [-0.15, -0.1) is 0 Å². The Balaban J connectivity index is 1.95. The quantitative estimate of drug-likeness (QED) is 0.805. The van der Waals surface area contributed by atoms with Crippen LogP contribution in [0.5, 0.6) is 11.5 Å². The first-order chi connectivity index (χ1) is 11.1. The molecule has 1 aliphatic carbocycles. The number of hydrogen-bond acceptors (Lipinski definition) is 3. The summed E-state index contributed by atoms with van der Waals surface area (Å²) < 4.78 is 10.7. The van der Waals surface area contributed by atoms with Crippen molar-refractivity contribution < 1.29 is 14.3 Å². The van der Waals surface area contributed by atoms with Crippen LogP contribution in [-0.4, -0.2) is 26.2 Å². The summed E-state index contributed by atoms with van der Waals surface area (Å²) in [4.78, 5) is 12.4. The summed E-state index contributed by atoms with van der Waals surface area (Å²) in [6.45, 7) is 2.07. The average Bonchev–Trinajstić information content (AvgIpc) is 2.82. The molecule has 4 heteroatoms. The van der Waals surface area contributed by atoms with E-state index in [4.69, 9.17) is 9.47 Å². The lowest BCUT2D eigenvalue weighted by Gasteiger charge is -2.19. The Morgan fingerprint density at radius 2 is 1.87 bits per heavy atom. The third-order valence-electron chi connectivity index (χ3n) is 4.68. The number of hydrogen-bond donors (Lipinski definition) is 1. The van der Waals surface area contributed by atoms with Gasteiger partial charge in [-0.2, -0.15) is 0 Å². The maximum Gasteiger partial charge on any atom is 0.220 e. The van der Waals surface area contributed by atoms with Crippen molar-refractivity contribution in [2.24, 2.45) is 0 Å². The Hall–Kier alpha value is -1.71. The van der Waals surface area contributed by atoms with Crippen LogP contribution in [0.15, 0.2) is 18.2 Å². The molecule has 1 amide bonds. The van der Waals surface area contributed by atoms with Crippen LogP contribution in [0, 0.1) is 0 Å². The van der Waals surface area contributed by atoms with Gasteiger partial charge >= 0.3 is 0 Å². The lowest BCUT2D eigenvalue weighted by atomic mass is 9.96. The van der Waals surface area contributed by atoms with E-state index in [0.29, 0.717) is 12.5 Å². The summed E-state index contributed by atoms with van der Waals surface area (Å²) in [6, 6.07) is 6.13. The smallest absolute Gasteiger partial charge is 0.220 e. The van der Waals surface area contributed by atoms with Crippen molar-refractivity contribution in [2.75, 3.05) is 14.2 Å². The molecule has 2 rings (SSSR count). The van der Waals surface area contributed by atoms with Crippen molar-refractivity contribution in [2.45, 2.75) is 63.8 Å². The average molecular weight is 319 g/mol. The number of amides is 1. The van der Waals surface area contributed by atoms with Crippen molar-refractivity contribution in [3.05, 3.63) is 23.8 Å². The second-order valence-corrected chi connectivity index (χ2v) is 6.47.